The molecule has 1 aromatic carbocycles. The van der Waals surface area contributed by atoms with Crippen LogP contribution in [-0.2, 0) is 10.4 Å². The van der Waals surface area contributed by atoms with E-state index in [-0.39, 0.29) is 6.42 Å². The summed E-state index contributed by atoms with van der Waals surface area (Å²) < 4.78 is -0.834. The van der Waals surface area contributed by atoms with E-state index in [0.29, 0.717) is 6.42 Å². The fraction of sp³-hybridized carbons (Fsp3) is 0.500. The lowest BCUT2D eigenvalue weighted by molar-refractivity contribution is -0.142. The molecular weight excluding hydrogens is 248 g/mol. The monoisotopic (exact) mass is 266 g/mol. The van der Waals surface area contributed by atoms with Crippen LogP contribution in [0.3, 0.4) is 0 Å². The van der Waals surface area contributed by atoms with Crippen LogP contribution in [0.25, 0.3) is 0 Å². The van der Waals surface area contributed by atoms with Crippen molar-refractivity contribution >= 4 is 17.7 Å². The Morgan fingerprint density at radius 1 is 1.44 bits per heavy atom. The molecule has 18 heavy (non-hydrogen) atoms. The highest BCUT2D eigenvalue weighted by Crippen LogP contribution is 2.46. The molecule has 0 bridgehead atoms. The number of carboxylic acid groups (broad SMARTS) is 1. The van der Waals surface area contributed by atoms with Crippen molar-refractivity contribution < 1.29 is 15.0 Å². The molecule has 2 atom stereocenters. The van der Waals surface area contributed by atoms with Gasteiger partial charge in [-0.1, -0.05) is 30.3 Å². The van der Waals surface area contributed by atoms with Crippen molar-refractivity contribution in [2.24, 2.45) is 0 Å². The van der Waals surface area contributed by atoms with Gasteiger partial charge < -0.3 is 10.2 Å². The molecule has 1 aliphatic rings. The van der Waals surface area contributed by atoms with Gasteiger partial charge in [0.2, 0.25) is 0 Å². The SMILES string of the molecule is CC(O)(CC1(C(=O)O)CCCS1)c1ccccc1. The van der Waals surface area contributed by atoms with Crippen molar-refractivity contribution in [1.82, 2.24) is 0 Å². The number of aliphatic carboxylic acids is 1. The first kappa shape index (κ1) is 13.4. The van der Waals surface area contributed by atoms with Crippen molar-refractivity contribution in [1.29, 1.82) is 0 Å². The van der Waals surface area contributed by atoms with E-state index in [0.717, 1.165) is 17.7 Å². The van der Waals surface area contributed by atoms with Crippen molar-refractivity contribution in [3.05, 3.63) is 35.9 Å². The van der Waals surface area contributed by atoms with Crippen LogP contribution in [0.5, 0.6) is 0 Å². The van der Waals surface area contributed by atoms with E-state index >= 15 is 0 Å². The van der Waals surface area contributed by atoms with Crippen molar-refractivity contribution in [2.75, 3.05) is 5.75 Å². The molecule has 0 aromatic heterocycles. The molecule has 0 saturated carbocycles. The molecule has 0 aliphatic carbocycles. The van der Waals surface area contributed by atoms with Crippen LogP contribution in [0, 0.1) is 0 Å². The van der Waals surface area contributed by atoms with E-state index in [1.54, 1.807) is 6.92 Å². The number of aliphatic hydroxyl groups is 1. The lowest BCUT2D eigenvalue weighted by Gasteiger charge is -2.33. The smallest absolute Gasteiger partial charge is 0.319 e. The van der Waals surface area contributed by atoms with Gasteiger partial charge in [-0.15, -0.1) is 11.8 Å². The second-order valence-electron chi connectivity index (χ2n) is 5.07. The molecule has 3 nitrogen and oxygen atoms in total. The van der Waals surface area contributed by atoms with Crippen LogP contribution in [0.1, 0.15) is 31.7 Å². The van der Waals surface area contributed by atoms with Crippen LogP contribution in [0.15, 0.2) is 30.3 Å². The summed E-state index contributed by atoms with van der Waals surface area (Å²) in [6.07, 6.45) is 1.79. The quantitative estimate of drug-likeness (QED) is 0.879. The Morgan fingerprint density at radius 2 is 2.11 bits per heavy atom. The fourth-order valence-electron chi connectivity index (χ4n) is 2.54. The van der Waals surface area contributed by atoms with E-state index in [4.69, 9.17) is 0 Å². The zero-order valence-corrected chi connectivity index (χ0v) is 11.2. The minimum Gasteiger partial charge on any atom is -0.480 e. The number of hydrogen-bond acceptors (Lipinski definition) is 3. The van der Waals surface area contributed by atoms with Gasteiger partial charge in [-0.05, 0) is 31.1 Å². The van der Waals surface area contributed by atoms with Crippen molar-refractivity contribution in [3.63, 3.8) is 0 Å². The largest absolute Gasteiger partial charge is 0.480 e. The highest BCUT2D eigenvalue weighted by atomic mass is 32.2. The summed E-state index contributed by atoms with van der Waals surface area (Å²) >= 11 is 1.46. The molecule has 2 N–H and O–H groups in total. The molecule has 1 aliphatic heterocycles. The van der Waals surface area contributed by atoms with E-state index < -0.39 is 16.3 Å². The Bertz CT molecular complexity index is 422. The standard InChI is InChI=1S/C14H18O3S/c1-13(17,11-6-3-2-4-7-11)10-14(12(15)16)8-5-9-18-14/h2-4,6-7,17H,5,8-10H2,1H3,(H,15,16). The van der Waals surface area contributed by atoms with Gasteiger partial charge in [-0.3, -0.25) is 4.79 Å². The normalized spacial score (nSPS) is 26.8. The molecule has 2 rings (SSSR count). The molecule has 4 heteroatoms. The second-order valence-corrected chi connectivity index (χ2v) is 6.55. The Hall–Kier alpha value is -1.00. The molecule has 0 spiro atoms. The fourth-order valence-corrected chi connectivity index (χ4v) is 4.01. The summed E-state index contributed by atoms with van der Waals surface area (Å²) in [7, 11) is 0. The number of benzene rings is 1. The van der Waals surface area contributed by atoms with Gasteiger partial charge in [-0.25, -0.2) is 0 Å². The average Bonchev–Trinajstić information content (AvgIpc) is 2.79. The van der Waals surface area contributed by atoms with Gasteiger partial charge in [0, 0.05) is 6.42 Å². The van der Waals surface area contributed by atoms with Crippen LogP contribution in [-0.4, -0.2) is 26.7 Å². The number of thioether (sulfide) groups is 1. The molecule has 1 fully saturated rings. The lowest BCUT2D eigenvalue weighted by atomic mass is 9.84. The highest BCUT2D eigenvalue weighted by Gasteiger charge is 2.47. The van der Waals surface area contributed by atoms with Crippen LogP contribution in [0.2, 0.25) is 0 Å². The minimum atomic E-state index is -1.10. The molecule has 98 valence electrons. The van der Waals surface area contributed by atoms with Gasteiger partial charge in [0.1, 0.15) is 4.75 Å². The number of carboxylic acids is 1. The zero-order chi connectivity index (χ0) is 13.2. The minimum absolute atomic E-state index is 0.254. The predicted octanol–water partition coefficient (Wildman–Crippen LogP) is 2.63. The van der Waals surface area contributed by atoms with Crippen molar-refractivity contribution in [2.45, 2.75) is 36.5 Å². The second kappa shape index (κ2) is 4.94. The molecule has 1 saturated heterocycles. The van der Waals surface area contributed by atoms with E-state index in [9.17, 15) is 15.0 Å². The summed E-state index contributed by atoms with van der Waals surface area (Å²) in [5.74, 6) is 0.0539. The van der Waals surface area contributed by atoms with Crippen molar-refractivity contribution in [3.8, 4) is 0 Å². The summed E-state index contributed by atoms with van der Waals surface area (Å²) in [5.41, 5.74) is -0.324. The summed E-state index contributed by atoms with van der Waals surface area (Å²) in [6, 6.07) is 9.29. The zero-order valence-electron chi connectivity index (χ0n) is 10.4. The first-order chi connectivity index (χ1) is 8.46. The van der Waals surface area contributed by atoms with Gasteiger partial charge in [0.15, 0.2) is 0 Å². The Balaban J connectivity index is 2.24. The molecule has 1 aromatic rings. The highest BCUT2D eigenvalue weighted by molar-refractivity contribution is 8.01. The number of rotatable bonds is 4. The van der Waals surface area contributed by atoms with Gasteiger partial charge >= 0.3 is 5.97 Å². The topological polar surface area (TPSA) is 57.5 Å². The third kappa shape index (κ3) is 2.54. The Kier molecular flexibility index (Phi) is 3.69. The maximum atomic E-state index is 11.5. The third-order valence-electron chi connectivity index (χ3n) is 3.52. The number of carbonyl (C=O) groups is 1. The lowest BCUT2D eigenvalue weighted by Crippen LogP contribution is -2.40. The summed E-state index contributed by atoms with van der Waals surface area (Å²) in [5, 5.41) is 20.0. The number of hydrogen-bond donors (Lipinski definition) is 2. The Labute approximate surface area is 111 Å². The van der Waals surface area contributed by atoms with Crippen LogP contribution < -0.4 is 0 Å². The van der Waals surface area contributed by atoms with Gasteiger partial charge in [0.05, 0.1) is 5.60 Å². The van der Waals surface area contributed by atoms with E-state index in [1.807, 2.05) is 30.3 Å². The average molecular weight is 266 g/mol. The Morgan fingerprint density at radius 3 is 2.61 bits per heavy atom. The first-order valence-electron chi connectivity index (χ1n) is 6.12. The van der Waals surface area contributed by atoms with Crippen LogP contribution in [0.4, 0.5) is 0 Å². The molecule has 0 radical (unpaired) electrons. The molecule has 0 amide bonds. The van der Waals surface area contributed by atoms with Crippen LogP contribution >= 0.6 is 11.8 Å². The summed E-state index contributed by atoms with van der Waals surface area (Å²) in [6.45, 7) is 1.70. The third-order valence-corrected chi connectivity index (χ3v) is 5.09. The first-order valence-corrected chi connectivity index (χ1v) is 7.10. The van der Waals surface area contributed by atoms with Gasteiger partial charge in [-0.2, -0.15) is 0 Å². The molecule has 2 unspecified atom stereocenters. The molecule has 1 heterocycles. The maximum absolute atomic E-state index is 11.5. The van der Waals surface area contributed by atoms with Gasteiger partial charge in [0.25, 0.3) is 0 Å². The molecular formula is C14H18O3S. The van der Waals surface area contributed by atoms with E-state index in [2.05, 4.69) is 0 Å². The predicted molar refractivity (Wildman–Crippen MR) is 72.7 cm³/mol. The van der Waals surface area contributed by atoms with E-state index in [1.165, 1.54) is 11.8 Å². The summed E-state index contributed by atoms with van der Waals surface area (Å²) in [4.78, 5) is 11.5. The maximum Gasteiger partial charge on any atom is 0.319 e.